The molecular weight excluding hydrogens is 681 g/mol. The van der Waals surface area contributed by atoms with E-state index in [1.807, 2.05) is 0 Å². The fourth-order valence-electron chi connectivity index (χ4n) is 8.09. The zero-order valence-corrected chi connectivity index (χ0v) is 33.0. The second kappa shape index (κ2) is 13.6. The van der Waals surface area contributed by atoms with Gasteiger partial charge in [0.25, 0.3) is 0 Å². The zero-order chi connectivity index (χ0) is 38.6. The van der Waals surface area contributed by atoms with E-state index in [1.165, 1.54) is 32.9 Å². The first-order chi connectivity index (χ1) is 27.1. The highest BCUT2D eigenvalue weighted by Crippen LogP contribution is 2.41. The minimum atomic E-state index is -0.105. The van der Waals surface area contributed by atoms with Gasteiger partial charge in [0.15, 0.2) is 0 Å². The Morgan fingerprint density at radius 1 is 0.393 bits per heavy atom. The van der Waals surface area contributed by atoms with Crippen LogP contribution in [0.25, 0.3) is 61.0 Å². The molecule has 4 heteroatoms. The van der Waals surface area contributed by atoms with E-state index in [9.17, 15) is 0 Å². The monoisotopic (exact) mass is 726 g/mol. The molecule has 0 saturated heterocycles. The molecule has 0 aliphatic heterocycles. The molecule has 0 aliphatic carbocycles. The number of fused-ring (bicyclic) bond motifs is 4. The molecule has 0 unspecified atom stereocenters. The van der Waals surface area contributed by atoms with Crippen LogP contribution >= 0.6 is 0 Å². The molecule has 9 aromatic rings. The van der Waals surface area contributed by atoms with E-state index in [-0.39, 0.29) is 10.8 Å². The normalized spacial score (nSPS) is 12.1. The van der Waals surface area contributed by atoms with Gasteiger partial charge >= 0.3 is 0 Å². The molecule has 0 N–H and O–H groups in total. The summed E-state index contributed by atoms with van der Waals surface area (Å²) in [7, 11) is 0. The maximum absolute atomic E-state index is 5.55. The molecule has 56 heavy (non-hydrogen) atoms. The molecule has 0 spiro atoms. The molecule has 7 aromatic carbocycles. The standard InChI is InChI=1S/C52H46N4/c1-51(2,3)43-33-34-44(52(4,5)6)50-49(43)53-47(35-17-9-7-10-18-35)48(54-50)36-25-27-38(28-26-36)55(37-19-11-8-12-20-37)39-29-31-40(32-30-39)56-45-23-15-13-21-41(45)42-22-14-16-24-46(42)56/h7-34H,1-6H3. The molecule has 0 saturated carbocycles. The molecule has 0 atom stereocenters. The van der Waals surface area contributed by atoms with Gasteiger partial charge in [0.1, 0.15) is 0 Å². The average Bonchev–Trinajstić information content (AvgIpc) is 3.55. The van der Waals surface area contributed by atoms with Gasteiger partial charge in [-0.1, -0.05) is 151 Å². The minimum absolute atomic E-state index is 0.0942. The molecule has 4 nitrogen and oxygen atoms in total. The first-order valence-electron chi connectivity index (χ1n) is 19.5. The van der Waals surface area contributed by atoms with Crippen molar-refractivity contribution < 1.29 is 0 Å². The molecule has 0 aliphatic rings. The third-order valence-corrected chi connectivity index (χ3v) is 10.8. The van der Waals surface area contributed by atoms with Crippen LogP contribution in [-0.2, 0) is 10.8 Å². The van der Waals surface area contributed by atoms with Crippen LogP contribution in [0.1, 0.15) is 52.7 Å². The Bertz CT molecular complexity index is 2790. The van der Waals surface area contributed by atoms with Gasteiger partial charge < -0.3 is 9.47 Å². The lowest BCUT2D eigenvalue weighted by molar-refractivity contribution is 0.583. The van der Waals surface area contributed by atoms with Crippen molar-refractivity contribution in [1.29, 1.82) is 0 Å². The number of anilines is 3. The number of hydrogen-bond acceptors (Lipinski definition) is 3. The number of para-hydroxylation sites is 3. The summed E-state index contributed by atoms with van der Waals surface area (Å²) >= 11 is 0. The van der Waals surface area contributed by atoms with Crippen molar-refractivity contribution in [2.45, 2.75) is 52.4 Å². The molecule has 0 radical (unpaired) electrons. The predicted octanol–water partition coefficient (Wildman–Crippen LogP) is 14.1. The Balaban J connectivity index is 1.17. The number of hydrogen-bond donors (Lipinski definition) is 0. The molecule has 0 amide bonds. The largest absolute Gasteiger partial charge is 0.311 e. The Morgan fingerprint density at radius 3 is 1.27 bits per heavy atom. The van der Waals surface area contributed by atoms with Gasteiger partial charge in [-0.05, 0) is 82.6 Å². The molecule has 274 valence electrons. The van der Waals surface area contributed by atoms with Crippen LogP contribution in [0.2, 0.25) is 0 Å². The van der Waals surface area contributed by atoms with Crippen molar-refractivity contribution in [2.75, 3.05) is 4.90 Å². The second-order valence-electron chi connectivity index (χ2n) is 16.7. The molecule has 0 fully saturated rings. The van der Waals surface area contributed by atoms with Gasteiger partial charge in [-0.25, -0.2) is 9.97 Å². The first kappa shape index (κ1) is 35.2. The van der Waals surface area contributed by atoms with Gasteiger partial charge in [-0.2, -0.15) is 0 Å². The smallest absolute Gasteiger partial charge is 0.0973 e. The maximum atomic E-state index is 5.55. The highest BCUT2D eigenvalue weighted by atomic mass is 15.1. The van der Waals surface area contributed by atoms with Crippen molar-refractivity contribution >= 4 is 49.9 Å². The van der Waals surface area contributed by atoms with Crippen LogP contribution in [-0.4, -0.2) is 14.5 Å². The van der Waals surface area contributed by atoms with Crippen LogP contribution in [0.5, 0.6) is 0 Å². The van der Waals surface area contributed by atoms with Crippen molar-refractivity contribution in [1.82, 2.24) is 14.5 Å². The van der Waals surface area contributed by atoms with Gasteiger partial charge in [0.2, 0.25) is 0 Å². The maximum Gasteiger partial charge on any atom is 0.0973 e. The SMILES string of the molecule is CC(C)(C)c1ccc(C(C)(C)C)c2nc(-c3ccc(N(c4ccccc4)c4ccc(-n5c6ccccc6c6ccccc65)cc4)cc3)c(-c3ccccc3)nc12. The van der Waals surface area contributed by atoms with E-state index in [0.717, 1.165) is 56.3 Å². The summed E-state index contributed by atoms with van der Waals surface area (Å²) in [5.74, 6) is 0. The van der Waals surface area contributed by atoms with Crippen LogP contribution in [0.15, 0.2) is 170 Å². The Hall–Kier alpha value is -6.52. The predicted molar refractivity (Wildman–Crippen MR) is 237 cm³/mol. The summed E-state index contributed by atoms with van der Waals surface area (Å²) in [6.07, 6.45) is 0. The molecular formula is C52H46N4. The molecule has 2 aromatic heterocycles. The van der Waals surface area contributed by atoms with E-state index in [1.54, 1.807) is 0 Å². The van der Waals surface area contributed by atoms with Crippen LogP contribution in [0, 0.1) is 0 Å². The third-order valence-electron chi connectivity index (χ3n) is 10.8. The number of benzene rings is 7. The Labute approximate surface area is 329 Å². The van der Waals surface area contributed by atoms with Crippen molar-refractivity contribution in [3.63, 3.8) is 0 Å². The summed E-state index contributed by atoms with van der Waals surface area (Å²) in [6, 6.07) is 60.6. The van der Waals surface area contributed by atoms with Gasteiger partial charge in [-0.3, -0.25) is 0 Å². The fraction of sp³-hybridized carbons (Fsp3) is 0.154. The molecule has 9 rings (SSSR count). The van der Waals surface area contributed by atoms with Gasteiger partial charge in [0, 0.05) is 44.6 Å². The third kappa shape index (κ3) is 6.21. The van der Waals surface area contributed by atoms with Crippen LogP contribution in [0.3, 0.4) is 0 Å². The van der Waals surface area contributed by atoms with Gasteiger partial charge in [0.05, 0.1) is 33.5 Å². The van der Waals surface area contributed by atoms with Crippen LogP contribution < -0.4 is 4.90 Å². The highest BCUT2D eigenvalue weighted by molar-refractivity contribution is 6.09. The van der Waals surface area contributed by atoms with E-state index >= 15 is 0 Å². The lowest BCUT2D eigenvalue weighted by atomic mass is 9.80. The van der Waals surface area contributed by atoms with E-state index in [4.69, 9.17) is 9.97 Å². The van der Waals surface area contributed by atoms with Crippen molar-refractivity contribution in [2.24, 2.45) is 0 Å². The fourth-order valence-corrected chi connectivity index (χ4v) is 8.09. The topological polar surface area (TPSA) is 34.0 Å². The van der Waals surface area contributed by atoms with Gasteiger partial charge in [-0.15, -0.1) is 0 Å². The average molecular weight is 727 g/mol. The lowest BCUT2D eigenvalue weighted by Crippen LogP contribution is -2.17. The quantitative estimate of drug-likeness (QED) is 0.171. The Morgan fingerprint density at radius 2 is 0.786 bits per heavy atom. The molecule has 2 heterocycles. The summed E-state index contributed by atoms with van der Waals surface area (Å²) in [5.41, 5.74) is 14.8. The zero-order valence-electron chi connectivity index (χ0n) is 33.0. The summed E-state index contributed by atoms with van der Waals surface area (Å²) in [5, 5.41) is 2.52. The van der Waals surface area contributed by atoms with E-state index in [0.29, 0.717) is 0 Å². The van der Waals surface area contributed by atoms with E-state index in [2.05, 4.69) is 221 Å². The van der Waals surface area contributed by atoms with Crippen molar-refractivity contribution in [3.8, 4) is 28.2 Å². The lowest BCUT2D eigenvalue weighted by Gasteiger charge is -2.27. The number of aromatic nitrogens is 3. The minimum Gasteiger partial charge on any atom is -0.311 e. The van der Waals surface area contributed by atoms with E-state index < -0.39 is 0 Å². The summed E-state index contributed by atoms with van der Waals surface area (Å²) in [6.45, 7) is 13.5. The number of nitrogens with zero attached hydrogens (tertiary/aromatic N) is 4. The number of rotatable bonds is 6. The summed E-state index contributed by atoms with van der Waals surface area (Å²) in [4.78, 5) is 13.4. The Kier molecular flexibility index (Phi) is 8.58. The summed E-state index contributed by atoms with van der Waals surface area (Å²) < 4.78 is 2.36. The second-order valence-corrected chi connectivity index (χ2v) is 16.7. The van der Waals surface area contributed by atoms with Crippen molar-refractivity contribution in [3.05, 3.63) is 181 Å². The molecule has 0 bridgehead atoms. The highest BCUT2D eigenvalue weighted by Gasteiger charge is 2.27. The van der Waals surface area contributed by atoms with Crippen LogP contribution in [0.4, 0.5) is 17.1 Å². The first-order valence-corrected chi connectivity index (χ1v) is 19.5.